The molecule has 1 aromatic carbocycles. The van der Waals surface area contributed by atoms with Crippen LogP contribution >= 0.6 is 22.9 Å². The van der Waals surface area contributed by atoms with Crippen molar-refractivity contribution in [1.82, 2.24) is 0 Å². The summed E-state index contributed by atoms with van der Waals surface area (Å²) in [5.41, 5.74) is 0.392. The van der Waals surface area contributed by atoms with Crippen molar-refractivity contribution in [2.45, 2.75) is 0 Å². The Hall–Kier alpha value is -1.59. The van der Waals surface area contributed by atoms with Gasteiger partial charge in [0.2, 0.25) is 0 Å². The summed E-state index contributed by atoms with van der Waals surface area (Å²) in [4.78, 5) is 15.6. The molecular formula is C11H8ClNO3S. The number of aliphatic carboxylic acids is 1. The van der Waals surface area contributed by atoms with Gasteiger partial charge in [-0.1, -0.05) is 28.9 Å². The fourth-order valence-electron chi connectivity index (χ4n) is 1.50. The number of benzene rings is 1. The van der Waals surface area contributed by atoms with Crippen LogP contribution in [0.25, 0.3) is 10.1 Å². The van der Waals surface area contributed by atoms with Crippen molar-refractivity contribution in [3.8, 4) is 0 Å². The van der Waals surface area contributed by atoms with E-state index in [0.717, 1.165) is 10.1 Å². The van der Waals surface area contributed by atoms with E-state index in [9.17, 15) is 4.79 Å². The van der Waals surface area contributed by atoms with E-state index in [1.165, 1.54) is 18.4 Å². The van der Waals surface area contributed by atoms with E-state index in [2.05, 4.69) is 9.99 Å². The average molecular weight is 270 g/mol. The van der Waals surface area contributed by atoms with Gasteiger partial charge in [0.1, 0.15) is 7.11 Å². The molecule has 0 saturated carbocycles. The number of nitrogens with zero attached hydrogens (tertiary/aromatic N) is 1. The molecule has 0 aliphatic rings. The Labute approximate surface area is 106 Å². The van der Waals surface area contributed by atoms with Gasteiger partial charge in [0, 0.05) is 16.3 Å². The predicted molar refractivity (Wildman–Crippen MR) is 68.0 cm³/mol. The van der Waals surface area contributed by atoms with Crippen LogP contribution < -0.4 is 0 Å². The Morgan fingerprint density at radius 3 is 2.94 bits per heavy atom. The SMILES string of the molecule is CON=C(C(=O)O)c1csc2c(Cl)cccc12. The smallest absolute Gasteiger partial charge is 0.358 e. The summed E-state index contributed by atoms with van der Waals surface area (Å²) >= 11 is 7.40. The molecule has 0 amide bonds. The van der Waals surface area contributed by atoms with Crippen molar-refractivity contribution in [3.63, 3.8) is 0 Å². The van der Waals surface area contributed by atoms with Gasteiger partial charge < -0.3 is 9.94 Å². The van der Waals surface area contributed by atoms with Crippen LogP contribution in [0.1, 0.15) is 5.56 Å². The number of hydrogen-bond donors (Lipinski definition) is 1. The molecule has 2 aromatic rings. The van der Waals surface area contributed by atoms with Gasteiger partial charge in [0.05, 0.1) is 9.72 Å². The van der Waals surface area contributed by atoms with E-state index in [4.69, 9.17) is 16.7 Å². The summed E-state index contributed by atoms with van der Waals surface area (Å²) in [6.07, 6.45) is 0. The molecule has 2 rings (SSSR count). The first kappa shape index (κ1) is 11.9. The second kappa shape index (κ2) is 4.73. The van der Waals surface area contributed by atoms with Crippen LogP contribution in [0.3, 0.4) is 0 Å². The van der Waals surface area contributed by atoms with Gasteiger partial charge in [0.15, 0.2) is 5.71 Å². The highest BCUT2D eigenvalue weighted by molar-refractivity contribution is 7.18. The normalized spacial score (nSPS) is 11.8. The van der Waals surface area contributed by atoms with E-state index >= 15 is 0 Å². The number of carboxylic acids is 1. The van der Waals surface area contributed by atoms with Gasteiger partial charge in [-0.15, -0.1) is 11.3 Å². The van der Waals surface area contributed by atoms with Crippen LogP contribution in [0.5, 0.6) is 0 Å². The van der Waals surface area contributed by atoms with Gasteiger partial charge in [-0.25, -0.2) is 4.79 Å². The minimum Gasteiger partial charge on any atom is -0.476 e. The molecule has 1 N–H and O–H groups in total. The van der Waals surface area contributed by atoms with E-state index in [0.29, 0.717) is 10.6 Å². The Balaban J connectivity index is 2.67. The number of carbonyl (C=O) groups is 1. The molecule has 1 aromatic heterocycles. The number of halogens is 1. The highest BCUT2D eigenvalue weighted by Crippen LogP contribution is 2.32. The summed E-state index contributed by atoms with van der Waals surface area (Å²) in [6, 6.07) is 5.34. The molecule has 0 fully saturated rings. The summed E-state index contributed by atoms with van der Waals surface area (Å²) < 4.78 is 0.842. The first-order chi connectivity index (χ1) is 8.15. The minimum atomic E-state index is -1.13. The second-order valence-corrected chi connectivity index (χ2v) is 4.48. The maximum Gasteiger partial charge on any atom is 0.358 e. The maximum atomic E-state index is 11.1. The number of fused-ring (bicyclic) bond motifs is 1. The minimum absolute atomic E-state index is 0.124. The Morgan fingerprint density at radius 2 is 2.29 bits per heavy atom. The quantitative estimate of drug-likeness (QED) is 0.688. The third kappa shape index (κ3) is 2.11. The standard InChI is InChI=1S/C11H8ClNO3S/c1-16-13-9(11(14)15)7-5-17-10-6(7)3-2-4-8(10)12/h2-5H,1H3,(H,14,15). The third-order valence-corrected chi connectivity index (χ3v) is 3.65. The molecule has 0 spiro atoms. The van der Waals surface area contributed by atoms with Crippen molar-refractivity contribution in [3.05, 3.63) is 34.2 Å². The molecule has 4 nitrogen and oxygen atoms in total. The number of thiophene rings is 1. The molecule has 0 bridgehead atoms. The lowest BCUT2D eigenvalue weighted by molar-refractivity contribution is -0.129. The summed E-state index contributed by atoms with van der Waals surface area (Å²) in [6.45, 7) is 0. The third-order valence-electron chi connectivity index (χ3n) is 2.19. The fourth-order valence-corrected chi connectivity index (χ4v) is 2.77. The van der Waals surface area contributed by atoms with Gasteiger partial charge in [-0.3, -0.25) is 0 Å². The maximum absolute atomic E-state index is 11.1. The lowest BCUT2D eigenvalue weighted by Crippen LogP contribution is -2.14. The molecule has 1 heterocycles. The van der Waals surface area contributed by atoms with Crippen LogP contribution in [0.4, 0.5) is 0 Å². The van der Waals surface area contributed by atoms with Crippen molar-refractivity contribution in [2.75, 3.05) is 7.11 Å². The monoisotopic (exact) mass is 269 g/mol. The summed E-state index contributed by atoms with van der Waals surface area (Å²) in [7, 11) is 1.31. The molecular weight excluding hydrogens is 262 g/mol. The van der Waals surface area contributed by atoms with Crippen LogP contribution in [-0.4, -0.2) is 23.9 Å². The average Bonchev–Trinajstić information content (AvgIpc) is 2.70. The lowest BCUT2D eigenvalue weighted by atomic mass is 10.1. The molecule has 6 heteroatoms. The fraction of sp³-hybridized carbons (Fsp3) is 0.0909. The first-order valence-corrected chi connectivity index (χ1v) is 5.91. The largest absolute Gasteiger partial charge is 0.476 e. The van der Waals surface area contributed by atoms with Crippen molar-refractivity contribution < 1.29 is 14.7 Å². The van der Waals surface area contributed by atoms with Crippen LogP contribution in [0.15, 0.2) is 28.7 Å². The van der Waals surface area contributed by atoms with Crippen molar-refractivity contribution in [2.24, 2.45) is 5.16 Å². The Bertz CT molecular complexity index is 606. The number of hydrogen-bond acceptors (Lipinski definition) is 4. The van der Waals surface area contributed by atoms with Crippen molar-refractivity contribution >= 4 is 44.7 Å². The highest BCUT2D eigenvalue weighted by Gasteiger charge is 2.18. The van der Waals surface area contributed by atoms with E-state index in [-0.39, 0.29) is 5.71 Å². The van der Waals surface area contributed by atoms with Crippen molar-refractivity contribution in [1.29, 1.82) is 0 Å². The lowest BCUT2D eigenvalue weighted by Gasteiger charge is -1.99. The molecule has 0 radical (unpaired) electrons. The second-order valence-electron chi connectivity index (χ2n) is 3.19. The van der Waals surface area contributed by atoms with Gasteiger partial charge >= 0.3 is 5.97 Å². The Kier molecular flexibility index (Phi) is 3.31. The summed E-state index contributed by atoms with van der Waals surface area (Å²) in [5, 5.41) is 15.7. The van der Waals surface area contributed by atoms with Crippen LogP contribution in [-0.2, 0) is 9.63 Å². The molecule has 17 heavy (non-hydrogen) atoms. The van der Waals surface area contributed by atoms with Crippen LogP contribution in [0, 0.1) is 0 Å². The zero-order chi connectivity index (χ0) is 12.4. The first-order valence-electron chi connectivity index (χ1n) is 4.65. The van der Waals surface area contributed by atoms with Crippen LogP contribution in [0.2, 0.25) is 5.02 Å². The summed E-state index contributed by atoms with van der Waals surface area (Å²) in [5.74, 6) is -1.13. The van der Waals surface area contributed by atoms with Gasteiger partial charge in [-0.05, 0) is 6.07 Å². The number of carboxylic acid groups (broad SMARTS) is 1. The van der Waals surface area contributed by atoms with E-state index in [1.807, 2.05) is 0 Å². The molecule has 88 valence electrons. The molecule has 0 aliphatic carbocycles. The highest BCUT2D eigenvalue weighted by atomic mass is 35.5. The number of rotatable bonds is 3. The molecule has 0 atom stereocenters. The predicted octanol–water partition coefficient (Wildman–Crippen LogP) is 2.99. The van der Waals surface area contributed by atoms with E-state index < -0.39 is 5.97 Å². The zero-order valence-corrected chi connectivity index (χ0v) is 10.4. The van der Waals surface area contributed by atoms with E-state index in [1.54, 1.807) is 23.6 Å². The molecule has 0 saturated heterocycles. The molecule has 0 unspecified atom stereocenters. The molecule has 0 aliphatic heterocycles. The number of oxime groups is 1. The Morgan fingerprint density at radius 1 is 1.53 bits per heavy atom. The zero-order valence-electron chi connectivity index (χ0n) is 8.81. The van der Waals surface area contributed by atoms with Gasteiger partial charge in [0.25, 0.3) is 0 Å². The topological polar surface area (TPSA) is 58.9 Å². The van der Waals surface area contributed by atoms with Gasteiger partial charge in [-0.2, -0.15) is 0 Å².